The average molecular weight is 426 g/mol. The van der Waals surface area contributed by atoms with Crippen LogP contribution in [-0.2, 0) is 28.5 Å². The van der Waals surface area contributed by atoms with Crippen LogP contribution in [0.3, 0.4) is 0 Å². The summed E-state index contributed by atoms with van der Waals surface area (Å²) in [7, 11) is 0. The van der Waals surface area contributed by atoms with Crippen LogP contribution in [0, 0.1) is 29.6 Å². The molecule has 2 unspecified atom stereocenters. The molecule has 0 aromatic heterocycles. The number of nitrogens with one attached hydrogen (secondary N) is 1. The smallest absolute Gasteiger partial charge is 0.407 e. The van der Waals surface area contributed by atoms with Gasteiger partial charge in [-0.25, -0.2) is 9.59 Å². The normalized spacial score (nSPS) is 22.0. The van der Waals surface area contributed by atoms with Crippen molar-refractivity contribution >= 4 is 12.1 Å². The highest BCUT2D eigenvalue weighted by molar-refractivity contribution is 5.70. The Morgan fingerprint density at radius 2 is 1.53 bits per heavy atom. The zero-order valence-corrected chi connectivity index (χ0v) is 18.0. The number of rotatable bonds is 15. The predicted molar refractivity (Wildman–Crippen MR) is 110 cm³/mol. The minimum atomic E-state index is -0.371. The molecule has 2 aliphatic rings. The summed E-state index contributed by atoms with van der Waals surface area (Å²) in [5.41, 5.74) is 0. The quantitative estimate of drug-likeness (QED) is 0.244. The topological polar surface area (TPSA) is 92.3 Å². The van der Waals surface area contributed by atoms with E-state index in [2.05, 4.69) is 17.2 Å². The SMILES string of the molecule is CCOC(=O)COCCOCCOCCCNC(=O)OCC1C2CCC#CCCC21. The average Bonchev–Trinajstić information content (AvgIpc) is 3.36. The molecule has 8 heteroatoms. The third-order valence-electron chi connectivity index (χ3n) is 5.25. The summed E-state index contributed by atoms with van der Waals surface area (Å²) in [5, 5.41) is 2.76. The van der Waals surface area contributed by atoms with E-state index in [1.54, 1.807) is 6.92 Å². The van der Waals surface area contributed by atoms with E-state index >= 15 is 0 Å². The minimum absolute atomic E-state index is 0.0556. The first-order chi connectivity index (χ1) is 14.7. The van der Waals surface area contributed by atoms with Gasteiger partial charge in [-0.15, -0.1) is 11.8 Å². The van der Waals surface area contributed by atoms with Crippen LogP contribution in [0.1, 0.15) is 39.0 Å². The molecule has 0 aromatic carbocycles. The Balaban J connectivity index is 1.32. The molecule has 1 fully saturated rings. The lowest BCUT2D eigenvalue weighted by atomic mass is 10.1. The van der Waals surface area contributed by atoms with Crippen LogP contribution >= 0.6 is 0 Å². The lowest BCUT2D eigenvalue weighted by molar-refractivity contribution is -0.149. The van der Waals surface area contributed by atoms with Gasteiger partial charge in [-0.05, 0) is 43.9 Å². The van der Waals surface area contributed by atoms with Crippen molar-refractivity contribution in [3.63, 3.8) is 0 Å². The molecule has 1 amide bonds. The number of esters is 1. The summed E-state index contributed by atoms with van der Waals surface area (Å²) >= 11 is 0. The molecular formula is C22H35NO7. The zero-order valence-electron chi connectivity index (χ0n) is 18.0. The molecule has 30 heavy (non-hydrogen) atoms. The number of hydrogen-bond acceptors (Lipinski definition) is 7. The molecule has 0 aliphatic heterocycles. The summed E-state index contributed by atoms with van der Waals surface area (Å²) < 4.78 is 26.0. The fourth-order valence-corrected chi connectivity index (χ4v) is 3.67. The third kappa shape index (κ3) is 10.3. The van der Waals surface area contributed by atoms with Gasteiger partial charge in [0.2, 0.25) is 0 Å². The highest BCUT2D eigenvalue weighted by atomic mass is 16.6. The molecule has 0 radical (unpaired) electrons. The molecule has 1 saturated carbocycles. The van der Waals surface area contributed by atoms with E-state index in [0.29, 0.717) is 77.0 Å². The molecule has 2 aliphatic carbocycles. The molecule has 0 aromatic rings. The number of hydrogen-bond donors (Lipinski definition) is 1. The van der Waals surface area contributed by atoms with E-state index < -0.39 is 0 Å². The summed E-state index contributed by atoms with van der Waals surface area (Å²) in [6.45, 7) is 5.27. The molecule has 0 bridgehead atoms. The van der Waals surface area contributed by atoms with Crippen LogP contribution in [0.4, 0.5) is 4.79 Å². The maximum atomic E-state index is 11.8. The largest absolute Gasteiger partial charge is 0.464 e. The first-order valence-corrected chi connectivity index (χ1v) is 11.0. The van der Waals surface area contributed by atoms with Crippen LogP contribution in [0.25, 0.3) is 0 Å². The molecule has 0 spiro atoms. The Bertz CT molecular complexity index is 554. The van der Waals surface area contributed by atoms with Crippen molar-refractivity contribution in [3.05, 3.63) is 0 Å². The van der Waals surface area contributed by atoms with Gasteiger partial charge < -0.3 is 29.0 Å². The third-order valence-corrected chi connectivity index (χ3v) is 5.25. The summed E-state index contributed by atoms with van der Waals surface area (Å²) in [5.74, 6) is 7.89. The fraction of sp³-hybridized carbons (Fsp3) is 0.818. The predicted octanol–water partition coefficient (Wildman–Crippen LogP) is 2.16. The Morgan fingerprint density at radius 3 is 2.20 bits per heavy atom. The molecule has 1 N–H and O–H groups in total. The highest BCUT2D eigenvalue weighted by Gasteiger charge is 2.49. The number of alkyl carbamates (subject to hydrolysis) is 1. The van der Waals surface area contributed by atoms with Crippen LogP contribution in [-0.4, -0.2) is 71.5 Å². The first-order valence-electron chi connectivity index (χ1n) is 11.0. The number of ether oxygens (including phenoxy) is 5. The lowest BCUT2D eigenvalue weighted by Gasteiger charge is -2.08. The van der Waals surface area contributed by atoms with Gasteiger partial charge in [-0.2, -0.15) is 0 Å². The molecule has 2 atom stereocenters. The Kier molecular flexibility index (Phi) is 12.3. The minimum Gasteiger partial charge on any atom is -0.464 e. The number of fused-ring (bicyclic) bond motifs is 1. The van der Waals surface area contributed by atoms with Gasteiger partial charge in [-0.1, -0.05) is 0 Å². The molecule has 8 nitrogen and oxygen atoms in total. The van der Waals surface area contributed by atoms with Crippen LogP contribution in [0.5, 0.6) is 0 Å². The van der Waals surface area contributed by atoms with Gasteiger partial charge in [0, 0.05) is 26.0 Å². The molecule has 0 saturated heterocycles. The van der Waals surface area contributed by atoms with Crippen LogP contribution in [0.2, 0.25) is 0 Å². The van der Waals surface area contributed by atoms with E-state index in [1.165, 1.54) is 0 Å². The summed E-state index contributed by atoms with van der Waals surface area (Å²) in [6.07, 6.45) is 4.57. The van der Waals surface area contributed by atoms with E-state index in [9.17, 15) is 9.59 Å². The second kappa shape index (κ2) is 15.1. The van der Waals surface area contributed by atoms with Crippen molar-refractivity contribution in [1.29, 1.82) is 0 Å². The highest BCUT2D eigenvalue weighted by Crippen LogP contribution is 2.52. The summed E-state index contributed by atoms with van der Waals surface area (Å²) in [6, 6.07) is 0. The molecule has 2 rings (SSSR count). The Morgan fingerprint density at radius 1 is 0.900 bits per heavy atom. The first kappa shape index (κ1) is 24.4. The van der Waals surface area contributed by atoms with Gasteiger partial charge in [0.25, 0.3) is 0 Å². The Hall–Kier alpha value is -1.82. The maximum Gasteiger partial charge on any atom is 0.407 e. The van der Waals surface area contributed by atoms with Crippen molar-refractivity contribution < 1.29 is 33.3 Å². The summed E-state index contributed by atoms with van der Waals surface area (Å²) in [4.78, 5) is 22.8. The van der Waals surface area contributed by atoms with Crippen LogP contribution in [0.15, 0.2) is 0 Å². The van der Waals surface area contributed by atoms with E-state index in [1.807, 2.05) is 0 Å². The monoisotopic (exact) mass is 425 g/mol. The van der Waals surface area contributed by atoms with Gasteiger partial charge in [0.05, 0.1) is 39.6 Å². The van der Waals surface area contributed by atoms with Crippen molar-refractivity contribution in [3.8, 4) is 11.8 Å². The van der Waals surface area contributed by atoms with Gasteiger partial charge in [0.1, 0.15) is 6.61 Å². The van der Waals surface area contributed by atoms with E-state index in [0.717, 1.165) is 25.7 Å². The van der Waals surface area contributed by atoms with E-state index in [4.69, 9.17) is 23.7 Å². The van der Waals surface area contributed by atoms with Gasteiger partial charge in [0.15, 0.2) is 0 Å². The van der Waals surface area contributed by atoms with Crippen molar-refractivity contribution in [1.82, 2.24) is 5.32 Å². The second-order valence-corrected chi connectivity index (χ2v) is 7.38. The standard InChI is InChI=1S/C22H35NO7/c1-2-29-21(24)17-28-15-14-27-13-12-26-11-7-10-23-22(25)30-16-20-18-8-5-3-4-6-9-19(18)20/h18-20H,2,5-17H2,1H3,(H,23,25). The number of carbonyl (C=O) groups is 2. The molecule has 0 heterocycles. The van der Waals surface area contributed by atoms with Crippen molar-refractivity contribution in [2.45, 2.75) is 39.0 Å². The zero-order chi connectivity index (χ0) is 21.4. The van der Waals surface area contributed by atoms with Gasteiger partial charge in [-0.3, -0.25) is 0 Å². The Labute approximate surface area is 179 Å². The molecular weight excluding hydrogens is 390 g/mol. The fourth-order valence-electron chi connectivity index (χ4n) is 3.67. The number of carbonyl (C=O) groups excluding carboxylic acids is 2. The van der Waals surface area contributed by atoms with Crippen molar-refractivity contribution in [2.24, 2.45) is 17.8 Å². The lowest BCUT2D eigenvalue weighted by Crippen LogP contribution is -2.27. The molecule has 170 valence electrons. The maximum absolute atomic E-state index is 11.8. The van der Waals surface area contributed by atoms with E-state index in [-0.39, 0.29) is 18.7 Å². The van der Waals surface area contributed by atoms with Crippen molar-refractivity contribution in [2.75, 3.05) is 59.4 Å². The van der Waals surface area contributed by atoms with Crippen LogP contribution < -0.4 is 5.32 Å². The second-order valence-electron chi connectivity index (χ2n) is 7.38. The number of amides is 1. The van der Waals surface area contributed by atoms with Gasteiger partial charge >= 0.3 is 12.1 Å².